The fraction of sp³-hybridized carbons (Fsp3) is 1.00. The van der Waals surface area contributed by atoms with Crippen LogP contribution >= 0.6 is 11.6 Å². The monoisotopic (exact) mass is 322 g/mol. The Bertz CT molecular complexity index is 389. The minimum atomic E-state index is -4.54. The highest BCUT2D eigenvalue weighted by molar-refractivity contribution is 7.86. The number of hydrogen-bond acceptors (Lipinski definition) is 2. The lowest BCUT2D eigenvalue weighted by molar-refractivity contribution is -0.136. The van der Waals surface area contributed by atoms with E-state index in [-0.39, 0.29) is 25.6 Å². The summed E-state index contributed by atoms with van der Waals surface area (Å²) in [4.78, 5) is 0. The first-order valence-electron chi connectivity index (χ1n) is 6.08. The van der Waals surface area contributed by atoms with Crippen LogP contribution in [0.4, 0.5) is 13.2 Å². The number of halogens is 4. The molecule has 0 amide bonds. The van der Waals surface area contributed by atoms with Gasteiger partial charge in [0.15, 0.2) is 0 Å². The third kappa shape index (κ3) is 4.77. The van der Waals surface area contributed by atoms with Crippen molar-refractivity contribution in [2.24, 2.45) is 5.92 Å². The molecule has 1 fully saturated rings. The van der Waals surface area contributed by atoms with E-state index in [0.29, 0.717) is 16.6 Å². The van der Waals surface area contributed by atoms with Gasteiger partial charge in [-0.2, -0.15) is 30.2 Å². The molecule has 1 aliphatic rings. The van der Waals surface area contributed by atoms with Gasteiger partial charge in [-0.15, -0.1) is 11.6 Å². The summed E-state index contributed by atoms with van der Waals surface area (Å²) in [5.41, 5.74) is 0. The van der Waals surface area contributed by atoms with Gasteiger partial charge in [-0.3, -0.25) is 0 Å². The van der Waals surface area contributed by atoms with Crippen molar-refractivity contribution in [1.29, 1.82) is 0 Å². The molecule has 1 unspecified atom stereocenters. The fourth-order valence-corrected chi connectivity index (χ4v) is 4.06. The van der Waals surface area contributed by atoms with Crippen molar-refractivity contribution in [3.63, 3.8) is 0 Å². The number of rotatable bonds is 5. The van der Waals surface area contributed by atoms with Gasteiger partial charge in [0.2, 0.25) is 0 Å². The minimum absolute atomic E-state index is 0.00906. The summed E-state index contributed by atoms with van der Waals surface area (Å²) < 4.78 is 63.1. The van der Waals surface area contributed by atoms with Crippen molar-refractivity contribution in [2.75, 3.05) is 32.1 Å². The SMILES string of the molecule is CCN(CC(F)(F)F)S(=O)(=O)N1CCCC(CCl)C1. The molecule has 0 aromatic heterocycles. The average molecular weight is 323 g/mol. The zero-order valence-electron chi connectivity index (χ0n) is 10.7. The molecule has 9 heteroatoms. The topological polar surface area (TPSA) is 40.6 Å². The minimum Gasteiger partial charge on any atom is -0.195 e. The molecular formula is C10H18ClF3N2O2S. The quantitative estimate of drug-likeness (QED) is 0.727. The van der Waals surface area contributed by atoms with E-state index in [1.165, 1.54) is 6.92 Å². The van der Waals surface area contributed by atoms with Crippen molar-refractivity contribution >= 4 is 21.8 Å². The van der Waals surface area contributed by atoms with Crippen molar-refractivity contribution < 1.29 is 21.6 Å². The molecule has 0 N–H and O–H groups in total. The van der Waals surface area contributed by atoms with E-state index < -0.39 is 22.9 Å². The summed E-state index contributed by atoms with van der Waals surface area (Å²) in [6, 6.07) is 0. The Hall–Kier alpha value is -0.0500. The Labute approximate surface area is 116 Å². The fourth-order valence-electron chi connectivity index (χ4n) is 2.08. The van der Waals surface area contributed by atoms with Crippen LogP contribution in [0.2, 0.25) is 0 Å². The second-order valence-electron chi connectivity index (χ2n) is 4.57. The molecule has 0 bridgehead atoms. The van der Waals surface area contributed by atoms with Crippen molar-refractivity contribution in [3.05, 3.63) is 0 Å². The van der Waals surface area contributed by atoms with Gasteiger partial charge in [-0.05, 0) is 18.8 Å². The second-order valence-corrected chi connectivity index (χ2v) is 6.81. The van der Waals surface area contributed by atoms with Crippen LogP contribution in [0.25, 0.3) is 0 Å². The molecule has 0 saturated carbocycles. The summed E-state index contributed by atoms with van der Waals surface area (Å²) in [5.74, 6) is 0.326. The maximum atomic E-state index is 12.4. The van der Waals surface area contributed by atoms with E-state index in [1.54, 1.807) is 0 Å². The van der Waals surface area contributed by atoms with Gasteiger partial charge in [0.1, 0.15) is 6.54 Å². The van der Waals surface area contributed by atoms with Crippen LogP contribution in [0.5, 0.6) is 0 Å². The van der Waals surface area contributed by atoms with Crippen molar-refractivity contribution in [2.45, 2.75) is 25.9 Å². The highest BCUT2D eigenvalue weighted by atomic mass is 35.5. The second kappa shape index (κ2) is 6.60. The lowest BCUT2D eigenvalue weighted by Crippen LogP contribution is -2.50. The molecule has 0 aromatic rings. The molecule has 1 atom stereocenters. The first kappa shape index (κ1) is 17.0. The van der Waals surface area contributed by atoms with Crippen molar-refractivity contribution in [1.82, 2.24) is 8.61 Å². The van der Waals surface area contributed by atoms with Crippen LogP contribution in [0.1, 0.15) is 19.8 Å². The summed E-state index contributed by atoms with van der Waals surface area (Å²) in [5, 5.41) is 0. The summed E-state index contributed by atoms with van der Waals surface area (Å²) >= 11 is 5.70. The molecule has 0 aromatic carbocycles. The van der Waals surface area contributed by atoms with E-state index in [1.807, 2.05) is 0 Å². The van der Waals surface area contributed by atoms with Crippen LogP contribution in [0.15, 0.2) is 0 Å². The Kier molecular flexibility index (Phi) is 5.91. The van der Waals surface area contributed by atoms with Crippen LogP contribution in [-0.2, 0) is 10.2 Å². The van der Waals surface area contributed by atoms with Gasteiger partial charge < -0.3 is 0 Å². The van der Waals surface area contributed by atoms with Gasteiger partial charge in [0.25, 0.3) is 10.2 Å². The average Bonchev–Trinajstić information content (AvgIpc) is 2.34. The molecule has 19 heavy (non-hydrogen) atoms. The van der Waals surface area contributed by atoms with Gasteiger partial charge in [-0.25, -0.2) is 0 Å². The number of alkyl halides is 4. The number of nitrogens with zero attached hydrogens (tertiary/aromatic N) is 2. The Morgan fingerprint density at radius 1 is 1.42 bits per heavy atom. The first-order valence-corrected chi connectivity index (χ1v) is 8.01. The predicted octanol–water partition coefficient (Wildman–Crippen LogP) is 2.07. The highest BCUT2D eigenvalue weighted by Crippen LogP contribution is 2.24. The van der Waals surface area contributed by atoms with E-state index in [0.717, 1.165) is 10.7 Å². The summed E-state index contributed by atoms with van der Waals surface area (Å²) in [6.07, 6.45) is -3.11. The Morgan fingerprint density at radius 3 is 2.53 bits per heavy atom. The predicted molar refractivity (Wildman–Crippen MR) is 67.2 cm³/mol. The molecule has 1 heterocycles. The summed E-state index contributed by atoms with van der Waals surface area (Å²) in [7, 11) is -4.06. The summed E-state index contributed by atoms with van der Waals surface area (Å²) in [6.45, 7) is 0.189. The number of piperidine rings is 1. The Morgan fingerprint density at radius 2 is 2.05 bits per heavy atom. The normalized spacial score (nSPS) is 22.9. The van der Waals surface area contributed by atoms with Gasteiger partial charge in [0.05, 0.1) is 0 Å². The standard InChI is InChI=1S/C10H18ClF3N2O2S/c1-2-15(8-10(12,13)14)19(17,18)16-5-3-4-9(6-11)7-16/h9H,2-8H2,1H3. The van der Waals surface area contributed by atoms with E-state index >= 15 is 0 Å². The maximum absolute atomic E-state index is 12.4. The molecule has 0 spiro atoms. The number of hydrogen-bond donors (Lipinski definition) is 0. The van der Waals surface area contributed by atoms with Gasteiger partial charge in [0, 0.05) is 25.5 Å². The molecule has 1 aliphatic heterocycles. The highest BCUT2D eigenvalue weighted by Gasteiger charge is 2.39. The molecular weight excluding hydrogens is 305 g/mol. The molecule has 1 rings (SSSR count). The zero-order valence-corrected chi connectivity index (χ0v) is 12.2. The molecule has 1 saturated heterocycles. The zero-order chi connectivity index (χ0) is 14.7. The van der Waals surface area contributed by atoms with E-state index in [4.69, 9.17) is 11.6 Å². The van der Waals surface area contributed by atoms with Crippen LogP contribution in [-0.4, -0.2) is 55.3 Å². The van der Waals surface area contributed by atoms with Crippen LogP contribution in [0, 0.1) is 5.92 Å². The van der Waals surface area contributed by atoms with E-state index in [9.17, 15) is 21.6 Å². The smallest absolute Gasteiger partial charge is 0.195 e. The molecule has 114 valence electrons. The third-order valence-corrected chi connectivity index (χ3v) is 5.52. The first-order chi connectivity index (χ1) is 8.70. The third-order valence-electron chi connectivity index (χ3n) is 3.06. The molecule has 0 aliphatic carbocycles. The molecule has 4 nitrogen and oxygen atoms in total. The Balaban J connectivity index is 2.82. The molecule has 0 radical (unpaired) electrons. The van der Waals surface area contributed by atoms with Crippen LogP contribution in [0.3, 0.4) is 0 Å². The largest absolute Gasteiger partial charge is 0.402 e. The lowest BCUT2D eigenvalue weighted by atomic mass is 10.0. The van der Waals surface area contributed by atoms with Crippen LogP contribution < -0.4 is 0 Å². The lowest BCUT2D eigenvalue weighted by Gasteiger charge is -2.34. The van der Waals surface area contributed by atoms with Crippen molar-refractivity contribution in [3.8, 4) is 0 Å². The van der Waals surface area contributed by atoms with Gasteiger partial charge >= 0.3 is 6.18 Å². The van der Waals surface area contributed by atoms with E-state index in [2.05, 4.69) is 0 Å². The van der Waals surface area contributed by atoms with Gasteiger partial charge in [-0.1, -0.05) is 6.92 Å². The maximum Gasteiger partial charge on any atom is 0.402 e.